The number of nitrogens with zero attached hydrogens (tertiary/aromatic N) is 3. The van der Waals surface area contributed by atoms with Gasteiger partial charge in [0.25, 0.3) is 0 Å². The molecule has 0 saturated heterocycles. The SMILES string of the molecule is CC(C)N(C)CCn1c(C(F)(F)F)nc2cc(N)ccc21. The van der Waals surface area contributed by atoms with Crippen LogP contribution in [-0.2, 0) is 12.7 Å². The Morgan fingerprint density at radius 3 is 2.57 bits per heavy atom. The number of imidazole rings is 1. The van der Waals surface area contributed by atoms with Crippen LogP contribution in [-0.4, -0.2) is 34.1 Å². The van der Waals surface area contributed by atoms with Gasteiger partial charge in [0.2, 0.25) is 5.82 Å². The van der Waals surface area contributed by atoms with Crippen molar-refractivity contribution in [3.63, 3.8) is 0 Å². The summed E-state index contributed by atoms with van der Waals surface area (Å²) in [7, 11) is 1.88. The topological polar surface area (TPSA) is 47.1 Å². The summed E-state index contributed by atoms with van der Waals surface area (Å²) in [5, 5.41) is 0. The summed E-state index contributed by atoms with van der Waals surface area (Å²) in [6.07, 6.45) is -4.48. The van der Waals surface area contributed by atoms with Crippen LogP contribution < -0.4 is 5.73 Å². The minimum atomic E-state index is -4.48. The summed E-state index contributed by atoms with van der Waals surface area (Å²) in [6.45, 7) is 4.73. The molecule has 0 atom stereocenters. The van der Waals surface area contributed by atoms with Crippen LogP contribution in [0.3, 0.4) is 0 Å². The van der Waals surface area contributed by atoms with Crippen molar-refractivity contribution in [1.82, 2.24) is 14.5 Å². The van der Waals surface area contributed by atoms with Crippen LogP contribution in [0.2, 0.25) is 0 Å². The molecule has 0 spiro atoms. The number of likely N-dealkylation sites (N-methyl/N-ethyl adjacent to an activating group) is 1. The number of nitrogens with two attached hydrogens (primary N) is 1. The molecule has 116 valence electrons. The van der Waals surface area contributed by atoms with E-state index in [4.69, 9.17) is 5.73 Å². The molecule has 4 nitrogen and oxygen atoms in total. The van der Waals surface area contributed by atoms with Gasteiger partial charge in [-0.3, -0.25) is 0 Å². The predicted octanol–water partition coefficient (Wildman–Crippen LogP) is 2.98. The third-order valence-electron chi connectivity index (χ3n) is 3.58. The van der Waals surface area contributed by atoms with Gasteiger partial charge in [-0.2, -0.15) is 13.2 Å². The van der Waals surface area contributed by atoms with Crippen LogP contribution in [0.25, 0.3) is 11.0 Å². The summed E-state index contributed by atoms with van der Waals surface area (Å²) < 4.78 is 40.6. The molecule has 0 radical (unpaired) electrons. The number of hydrogen-bond acceptors (Lipinski definition) is 3. The molecule has 0 fully saturated rings. The Morgan fingerprint density at radius 2 is 2.00 bits per heavy atom. The lowest BCUT2D eigenvalue weighted by Crippen LogP contribution is -2.30. The first kappa shape index (κ1) is 15.6. The fourth-order valence-electron chi connectivity index (χ4n) is 2.11. The molecule has 2 N–H and O–H groups in total. The molecule has 0 aliphatic rings. The number of hydrogen-bond donors (Lipinski definition) is 1. The van der Waals surface area contributed by atoms with E-state index in [9.17, 15) is 13.2 Å². The highest BCUT2D eigenvalue weighted by molar-refractivity contribution is 5.79. The molecule has 0 aliphatic carbocycles. The number of benzene rings is 1. The summed E-state index contributed by atoms with van der Waals surface area (Å²) in [6, 6.07) is 4.91. The summed E-state index contributed by atoms with van der Waals surface area (Å²) in [5.74, 6) is -0.875. The number of alkyl halides is 3. The third-order valence-corrected chi connectivity index (χ3v) is 3.58. The highest BCUT2D eigenvalue weighted by Crippen LogP contribution is 2.32. The number of halogens is 3. The van der Waals surface area contributed by atoms with Gasteiger partial charge >= 0.3 is 6.18 Å². The molecule has 2 aromatic rings. The average Bonchev–Trinajstić information content (AvgIpc) is 2.73. The van der Waals surface area contributed by atoms with E-state index in [0.717, 1.165) is 0 Å². The first-order chi connectivity index (χ1) is 9.70. The first-order valence-corrected chi connectivity index (χ1v) is 6.73. The van der Waals surface area contributed by atoms with Crippen molar-refractivity contribution in [2.24, 2.45) is 0 Å². The maximum absolute atomic E-state index is 13.1. The van der Waals surface area contributed by atoms with Crippen molar-refractivity contribution in [3.05, 3.63) is 24.0 Å². The minimum absolute atomic E-state index is 0.226. The first-order valence-electron chi connectivity index (χ1n) is 6.73. The van der Waals surface area contributed by atoms with E-state index in [1.165, 1.54) is 10.6 Å². The monoisotopic (exact) mass is 300 g/mol. The van der Waals surface area contributed by atoms with Crippen molar-refractivity contribution < 1.29 is 13.2 Å². The number of rotatable bonds is 4. The Kier molecular flexibility index (Phi) is 4.13. The number of anilines is 1. The van der Waals surface area contributed by atoms with Gasteiger partial charge in [0.05, 0.1) is 11.0 Å². The molecule has 0 aliphatic heterocycles. The van der Waals surface area contributed by atoms with Gasteiger partial charge in [0.15, 0.2) is 0 Å². The van der Waals surface area contributed by atoms with Gasteiger partial charge in [-0.05, 0) is 39.1 Å². The van der Waals surface area contributed by atoms with Gasteiger partial charge < -0.3 is 15.2 Å². The quantitative estimate of drug-likeness (QED) is 0.883. The Morgan fingerprint density at radius 1 is 1.33 bits per heavy atom. The number of aromatic nitrogens is 2. The van der Waals surface area contributed by atoms with Crippen molar-refractivity contribution in [2.45, 2.75) is 32.6 Å². The third kappa shape index (κ3) is 3.29. The van der Waals surface area contributed by atoms with E-state index in [-0.39, 0.29) is 18.1 Å². The summed E-state index contributed by atoms with van der Waals surface area (Å²) >= 11 is 0. The summed E-state index contributed by atoms with van der Waals surface area (Å²) in [4.78, 5) is 5.70. The molecule has 1 aromatic carbocycles. The fraction of sp³-hybridized carbons (Fsp3) is 0.500. The minimum Gasteiger partial charge on any atom is -0.399 e. The van der Waals surface area contributed by atoms with Crippen LogP contribution >= 0.6 is 0 Å². The van der Waals surface area contributed by atoms with Crippen molar-refractivity contribution >= 4 is 16.7 Å². The molecule has 21 heavy (non-hydrogen) atoms. The molecule has 0 unspecified atom stereocenters. The van der Waals surface area contributed by atoms with Crippen LogP contribution in [0.15, 0.2) is 18.2 Å². The Balaban J connectivity index is 2.43. The Labute approximate surface area is 121 Å². The van der Waals surface area contributed by atoms with Gasteiger partial charge in [-0.15, -0.1) is 0 Å². The fourth-order valence-corrected chi connectivity index (χ4v) is 2.11. The highest BCUT2D eigenvalue weighted by atomic mass is 19.4. The number of fused-ring (bicyclic) bond motifs is 1. The van der Waals surface area contributed by atoms with E-state index < -0.39 is 12.0 Å². The molecular weight excluding hydrogens is 281 g/mol. The summed E-state index contributed by atoms with van der Waals surface area (Å²) in [5.41, 5.74) is 6.74. The van der Waals surface area contributed by atoms with E-state index >= 15 is 0 Å². The maximum atomic E-state index is 13.1. The second kappa shape index (κ2) is 5.55. The van der Waals surface area contributed by atoms with Gasteiger partial charge in [-0.25, -0.2) is 4.98 Å². The van der Waals surface area contributed by atoms with Gasteiger partial charge in [0.1, 0.15) is 0 Å². The second-order valence-electron chi connectivity index (χ2n) is 5.41. The lowest BCUT2D eigenvalue weighted by atomic mass is 10.3. The zero-order chi connectivity index (χ0) is 15.8. The van der Waals surface area contributed by atoms with E-state index in [0.29, 0.717) is 17.7 Å². The lowest BCUT2D eigenvalue weighted by Gasteiger charge is -2.22. The standard InChI is InChI=1S/C14H19F3N4/c1-9(2)20(3)6-7-21-12-5-4-10(18)8-11(12)19-13(21)14(15,16)17/h4-5,8-9H,6-7,18H2,1-3H3. The van der Waals surface area contributed by atoms with Gasteiger partial charge in [0, 0.05) is 24.8 Å². The molecule has 1 aromatic heterocycles. The second-order valence-corrected chi connectivity index (χ2v) is 5.41. The van der Waals surface area contributed by atoms with Crippen LogP contribution in [0.4, 0.5) is 18.9 Å². The number of nitrogen functional groups attached to an aromatic ring is 1. The molecule has 0 bridgehead atoms. The van der Waals surface area contributed by atoms with Crippen LogP contribution in [0, 0.1) is 0 Å². The predicted molar refractivity (Wildman–Crippen MR) is 76.9 cm³/mol. The molecule has 2 rings (SSSR count). The van der Waals surface area contributed by atoms with Gasteiger partial charge in [-0.1, -0.05) is 0 Å². The Hall–Kier alpha value is -1.76. The van der Waals surface area contributed by atoms with Crippen LogP contribution in [0.1, 0.15) is 19.7 Å². The van der Waals surface area contributed by atoms with Crippen molar-refractivity contribution in [3.8, 4) is 0 Å². The molecular formula is C14H19F3N4. The highest BCUT2D eigenvalue weighted by Gasteiger charge is 2.37. The van der Waals surface area contributed by atoms with Crippen molar-refractivity contribution in [1.29, 1.82) is 0 Å². The average molecular weight is 300 g/mol. The van der Waals surface area contributed by atoms with E-state index in [1.807, 2.05) is 25.8 Å². The van der Waals surface area contributed by atoms with Crippen molar-refractivity contribution in [2.75, 3.05) is 19.3 Å². The molecule has 0 amide bonds. The van der Waals surface area contributed by atoms with E-state index in [2.05, 4.69) is 4.98 Å². The molecule has 1 heterocycles. The smallest absolute Gasteiger partial charge is 0.399 e. The molecule has 7 heteroatoms. The maximum Gasteiger partial charge on any atom is 0.449 e. The van der Waals surface area contributed by atoms with E-state index in [1.54, 1.807) is 12.1 Å². The zero-order valence-electron chi connectivity index (χ0n) is 12.3. The lowest BCUT2D eigenvalue weighted by molar-refractivity contribution is -0.147. The van der Waals surface area contributed by atoms with Crippen LogP contribution in [0.5, 0.6) is 0 Å². The molecule has 0 saturated carbocycles. The normalized spacial score (nSPS) is 12.8. The largest absolute Gasteiger partial charge is 0.449 e. The Bertz CT molecular complexity index is 631. The zero-order valence-corrected chi connectivity index (χ0v) is 12.3.